The Kier molecular flexibility index (Phi) is 2.93. The topological polar surface area (TPSA) is 101 Å². The molecule has 1 aromatic rings. The van der Waals surface area contributed by atoms with Gasteiger partial charge in [-0.05, 0) is 4.92 Å². The van der Waals surface area contributed by atoms with E-state index in [2.05, 4.69) is 4.98 Å². The number of imidazole rings is 1. The molecule has 1 aromatic heterocycles. The van der Waals surface area contributed by atoms with Crippen molar-refractivity contribution < 1.29 is 15.1 Å². The first-order valence-electron chi connectivity index (χ1n) is 3.58. The van der Waals surface area contributed by atoms with Crippen molar-refractivity contribution in [1.82, 2.24) is 9.55 Å². The third-order valence-corrected chi connectivity index (χ3v) is 1.50. The minimum atomic E-state index is -1.01. The number of rotatable bonds is 4. The van der Waals surface area contributed by atoms with Crippen molar-refractivity contribution >= 4 is 5.82 Å². The highest BCUT2D eigenvalue weighted by atomic mass is 16.6. The van der Waals surface area contributed by atoms with Gasteiger partial charge in [-0.2, -0.15) is 0 Å². The zero-order valence-corrected chi connectivity index (χ0v) is 6.70. The van der Waals surface area contributed by atoms with E-state index in [1.165, 1.54) is 10.9 Å². The molecule has 0 fully saturated rings. The second-order valence-corrected chi connectivity index (χ2v) is 2.50. The normalized spacial score (nSPS) is 12.8. The number of aliphatic hydroxyl groups excluding tert-OH is 2. The van der Waals surface area contributed by atoms with Crippen LogP contribution in [0.2, 0.25) is 0 Å². The fraction of sp³-hybridized carbons (Fsp3) is 0.500. The molecule has 0 aliphatic heterocycles. The first-order chi connectivity index (χ1) is 6.15. The van der Waals surface area contributed by atoms with E-state index in [9.17, 15) is 10.1 Å². The van der Waals surface area contributed by atoms with Crippen LogP contribution in [0, 0.1) is 10.1 Å². The SMILES string of the molecule is O=[N+]([O-])c1cncn1CC(O)CO. The molecule has 0 amide bonds. The van der Waals surface area contributed by atoms with Gasteiger partial charge in [0, 0.05) is 0 Å². The van der Waals surface area contributed by atoms with E-state index in [1.54, 1.807) is 0 Å². The van der Waals surface area contributed by atoms with Crippen LogP contribution in [0.4, 0.5) is 5.82 Å². The largest absolute Gasteiger partial charge is 0.394 e. The summed E-state index contributed by atoms with van der Waals surface area (Å²) in [5.74, 6) is -0.201. The first kappa shape index (κ1) is 9.62. The fourth-order valence-electron chi connectivity index (χ4n) is 0.891. The highest BCUT2D eigenvalue weighted by Gasteiger charge is 2.15. The molecule has 0 saturated carbocycles. The van der Waals surface area contributed by atoms with Crippen molar-refractivity contribution in [1.29, 1.82) is 0 Å². The Balaban J connectivity index is 2.76. The second-order valence-electron chi connectivity index (χ2n) is 2.50. The zero-order chi connectivity index (χ0) is 9.84. The van der Waals surface area contributed by atoms with Gasteiger partial charge in [0.1, 0.15) is 18.8 Å². The van der Waals surface area contributed by atoms with Crippen LogP contribution in [0.5, 0.6) is 0 Å². The second kappa shape index (κ2) is 3.97. The third kappa shape index (κ3) is 2.23. The molecule has 13 heavy (non-hydrogen) atoms. The molecule has 0 aliphatic rings. The highest BCUT2D eigenvalue weighted by Crippen LogP contribution is 2.09. The zero-order valence-electron chi connectivity index (χ0n) is 6.70. The van der Waals surface area contributed by atoms with E-state index in [4.69, 9.17) is 10.2 Å². The van der Waals surface area contributed by atoms with Crippen LogP contribution in [-0.2, 0) is 6.54 Å². The average Bonchev–Trinajstić information content (AvgIpc) is 2.52. The monoisotopic (exact) mass is 187 g/mol. The minimum absolute atomic E-state index is 0.0349. The Labute approximate surface area is 73.4 Å². The van der Waals surface area contributed by atoms with Crippen molar-refractivity contribution in [2.24, 2.45) is 0 Å². The molecule has 0 spiro atoms. The van der Waals surface area contributed by atoms with E-state index < -0.39 is 17.6 Å². The van der Waals surface area contributed by atoms with Crippen LogP contribution in [0.25, 0.3) is 0 Å². The van der Waals surface area contributed by atoms with Gasteiger partial charge in [-0.15, -0.1) is 0 Å². The van der Waals surface area contributed by atoms with Crippen LogP contribution in [0.1, 0.15) is 0 Å². The number of aromatic nitrogens is 2. The molecule has 7 nitrogen and oxygen atoms in total. The molecule has 0 aromatic carbocycles. The lowest BCUT2D eigenvalue weighted by atomic mass is 10.4. The maximum Gasteiger partial charge on any atom is 0.342 e. The van der Waals surface area contributed by atoms with Crippen LogP contribution >= 0.6 is 0 Å². The maximum atomic E-state index is 10.4. The number of aliphatic hydroxyl groups is 2. The molecule has 2 N–H and O–H groups in total. The number of nitro groups is 1. The van der Waals surface area contributed by atoms with Crippen LogP contribution in [-0.4, -0.2) is 37.4 Å². The van der Waals surface area contributed by atoms with Crippen molar-refractivity contribution in [2.45, 2.75) is 12.6 Å². The minimum Gasteiger partial charge on any atom is -0.394 e. The lowest BCUT2D eigenvalue weighted by molar-refractivity contribution is -0.392. The molecule has 72 valence electrons. The molecule has 1 heterocycles. The van der Waals surface area contributed by atoms with Crippen molar-refractivity contribution in [3.8, 4) is 0 Å². The number of hydrogen-bond donors (Lipinski definition) is 2. The van der Waals surface area contributed by atoms with E-state index in [1.807, 2.05) is 0 Å². The molecule has 1 unspecified atom stereocenters. The summed E-state index contributed by atoms with van der Waals surface area (Å²) >= 11 is 0. The van der Waals surface area contributed by atoms with Gasteiger partial charge >= 0.3 is 5.82 Å². The number of nitrogens with zero attached hydrogens (tertiary/aromatic N) is 3. The van der Waals surface area contributed by atoms with Crippen LogP contribution in [0.3, 0.4) is 0 Å². The summed E-state index contributed by atoms with van der Waals surface area (Å²) in [5, 5.41) is 27.9. The summed E-state index contributed by atoms with van der Waals surface area (Å²) < 4.78 is 1.17. The van der Waals surface area contributed by atoms with Crippen LogP contribution in [0.15, 0.2) is 12.5 Å². The molecule has 0 aliphatic carbocycles. The molecule has 0 saturated heterocycles. The Morgan fingerprint density at radius 1 is 1.77 bits per heavy atom. The Morgan fingerprint density at radius 3 is 3.00 bits per heavy atom. The summed E-state index contributed by atoms with van der Waals surface area (Å²) in [5.41, 5.74) is 0. The van der Waals surface area contributed by atoms with Crippen molar-refractivity contribution in [3.63, 3.8) is 0 Å². The lowest BCUT2D eigenvalue weighted by Crippen LogP contribution is -2.20. The van der Waals surface area contributed by atoms with Gasteiger partial charge in [-0.3, -0.25) is 0 Å². The molecule has 0 radical (unpaired) electrons. The molecule has 0 bridgehead atoms. The number of hydrogen-bond acceptors (Lipinski definition) is 5. The lowest BCUT2D eigenvalue weighted by Gasteiger charge is -2.04. The average molecular weight is 187 g/mol. The molecule has 7 heteroatoms. The summed E-state index contributed by atoms with van der Waals surface area (Å²) in [4.78, 5) is 13.3. The molecule has 1 atom stereocenters. The highest BCUT2D eigenvalue weighted by molar-refractivity contribution is 5.14. The van der Waals surface area contributed by atoms with Gasteiger partial charge < -0.3 is 20.3 Å². The van der Waals surface area contributed by atoms with E-state index >= 15 is 0 Å². The first-order valence-corrected chi connectivity index (χ1v) is 3.58. The van der Waals surface area contributed by atoms with Gasteiger partial charge in [0.15, 0.2) is 6.33 Å². The summed E-state index contributed by atoms with van der Waals surface area (Å²) in [6.07, 6.45) is 1.31. The Morgan fingerprint density at radius 2 is 2.46 bits per heavy atom. The maximum absolute atomic E-state index is 10.4. The van der Waals surface area contributed by atoms with E-state index in [0.29, 0.717) is 0 Å². The summed E-state index contributed by atoms with van der Waals surface area (Å²) in [7, 11) is 0. The van der Waals surface area contributed by atoms with Gasteiger partial charge in [-0.1, -0.05) is 0 Å². The summed E-state index contributed by atoms with van der Waals surface area (Å²) in [6, 6.07) is 0. The van der Waals surface area contributed by atoms with Gasteiger partial charge in [0.2, 0.25) is 0 Å². The molecular weight excluding hydrogens is 178 g/mol. The van der Waals surface area contributed by atoms with Gasteiger partial charge in [-0.25, -0.2) is 9.55 Å². The van der Waals surface area contributed by atoms with Crippen LogP contribution < -0.4 is 0 Å². The van der Waals surface area contributed by atoms with Gasteiger partial charge in [0.05, 0.1) is 6.61 Å². The molecular formula is C6H9N3O4. The predicted octanol–water partition coefficient (Wildman–Crippen LogP) is -0.856. The van der Waals surface area contributed by atoms with E-state index in [-0.39, 0.29) is 12.4 Å². The fourth-order valence-corrected chi connectivity index (χ4v) is 0.891. The van der Waals surface area contributed by atoms with E-state index in [0.717, 1.165) is 6.20 Å². The smallest absolute Gasteiger partial charge is 0.342 e. The quantitative estimate of drug-likeness (QED) is 0.472. The Hall–Kier alpha value is -1.47. The van der Waals surface area contributed by atoms with Gasteiger partial charge in [0.25, 0.3) is 0 Å². The standard InChI is InChI=1S/C6H9N3O4/c10-3-5(11)2-8-4-7-1-6(8)9(12)13/h1,4-5,10-11H,2-3H2. The predicted molar refractivity (Wildman–Crippen MR) is 42.0 cm³/mol. The third-order valence-electron chi connectivity index (χ3n) is 1.50. The summed E-state index contributed by atoms with van der Waals surface area (Å²) in [6.45, 7) is -0.470. The van der Waals surface area contributed by atoms with Crippen molar-refractivity contribution in [2.75, 3.05) is 6.61 Å². The molecule has 1 rings (SSSR count). The van der Waals surface area contributed by atoms with Crippen molar-refractivity contribution in [3.05, 3.63) is 22.6 Å². The Bertz CT molecular complexity index is 298.